The predicted octanol–water partition coefficient (Wildman–Crippen LogP) is 2.14. The van der Waals surface area contributed by atoms with Gasteiger partial charge in [-0.1, -0.05) is 0 Å². The number of halogens is 2. The van der Waals surface area contributed by atoms with Crippen molar-refractivity contribution in [2.45, 2.75) is 25.3 Å². The molecule has 0 bridgehead atoms. The Kier molecular flexibility index (Phi) is 5.61. The van der Waals surface area contributed by atoms with Gasteiger partial charge in [-0.05, 0) is 26.9 Å². The minimum Gasteiger partial charge on any atom is -0.336 e. The number of hydrogen-bond acceptors (Lipinski definition) is 4. The summed E-state index contributed by atoms with van der Waals surface area (Å²) < 4.78 is 29.0. The van der Waals surface area contributed by atoms with Gasteiger partial charge in [0.15, 0.2) is 11.5 Å². The number of piperidine rings is 1. The molecule has 0 N–H and O–H groups in total. The molecule has 1 amide bonds. The zero-order valence-electron chi connectivity index (χ0n) is 15.0. The van der Waals surface area contributed by atoms with E-state index in [1.54, 1.807) is 11.1 Å². The van der Waals surface area contributed by atoms with Crippen LogP contribution in [-0.4, -0.2) is 64.0 Å². The monoisotopic (exact) mass is 363 g/mol. The number of pyridine rings is 1. The van der Waals surface area contributed by atoms with E-state index in [2.05, 4.69) is 19.4 Å². The van der Waals surface area contributed by atoms with Gasteiger partial charge >= 0.3 is 0 Å². The van der Waals surface area contributed by atoms with Gasteiger partial charge in [-0.15, -0.1) is 0 Å². The molecule has 140 valence electrons. The fraction of sp³-hybridized carbons (Fsp3) is 0.500. The van der Waals surface area contributed by atoms with Gasteiger partial charge in [0, 0.05) is 50.6 Å². The lowest BCUT2D eigenvalue weighted by atomic mass is 9.96. The molecule has 1 saturated heterocycles. The number of aromatic nitrogens is 3. The molecule has 0 saturated carbocycles. The first-order valence-electron chi connectivity index (χ1n) is 8.71. The van der Waals surface area contributed by atoms with Gasteiger partial charge in [-0.2, -0.15) is 0 Å². The zero-order valence-corrected chi connectivity index (χ0v) is 15.0. The van der Waals surface area contributed by atoms with Crippen LogP contribution in [0.15, 0.2) is 24.7 Å². The Bertz CT molecular complexity index is 777. The van der Waals surface area contributed by atoms with Gasteiger partial charge in [0.2, 0.25) is 0 Å². The first-order chi connectivity index (χ1) is 12.5. The zero-order chi connectivity index (χ0) is 18.7. The van der Waals surface area contributed by atoms with Gasteiger partial charge < -0.3 is 14.4 Å². The summed E-state index contributed by atoms with van der Waals surface area (Å²) in [6.07, 6.45) is 6.31. The topological polar surface area (TPSA) is 54.3 Å². The highest BCUT2D eigenvalue weighted by Crippen LogP contribution is 2.27. The lowest BCUT2D eigenvalue weighted by Crippen LogP contribution is -2.40. The van der Waals surface area contributed by atoms with E-state index in [9.17, 15) is 13.6 Å². The second-order valence-corrected chi connectivity index (χ2v) is 6.86. The summed E-state index contributed by atoms with van der Waals surface area (Å²) in [5, 5.41) is 0. The normalized spacial score (nSPS) is 17.7. The summed E-state index contributed by atoms with van der Waals surface area (Å²) in [5.74, 6) is -1.19. The number of carbonyl (C=O) groups excluding carboxylic acids is 1. The molecule has 2 aromatic heterocycles. The number of likely N-dealkylation sites (tertiary alicyclic amines) is 1. The Morgan fingerprint density at radius 3 is 2.88 bits per heavy atom. The van der Waals surface area contributed by atoms with E-state index < -0.39 is 17.5 Å². The molecule has 8 heteroatoms. The van der Waals surface area contributed by atoms with Gasteiger partial charge in [0.25, 0.3) is 5.91 Å². The van der Waals surface area contributed by atoms with Crippen molar-refractivity contribution in [1.29, 1.82) is 0 Å². The molecular formula is C18H23F2N5O. The van der Waals surface area contributed by atoms with Crippen LogP contribution in [0.4, 0.5) is 8.78 Å². The number of carbonyl (C=O) groups is 1. The Labute approximate surface area is 151 Å². The Morgan fingerprint density at radius 1 is 1.35 bits per heavy atom. The standard InChI is InChI=1S/C18H23F2N5O/c1-23(2)8-9-24-7-5-21-17(24)13-4-3-6-25(12-13)18(26)16-15(20)10-14(19)11-22-16/h5,7,10-11,13H,3-4,6,8-9,12H2,1-2H3/t13-/m0/s1. The third-order valence-electron chi connectivity index (χ3n) is 4.62. The van der Waals surface area contributed by atoms with Crippen molar-refractivity contribution in [3.8, 4) is 0 Å². The maximum Gasteiger partial charge on any atom is 0.275 e. The van der Waals surface area contributed by atoms with E-state index in [1.807, 2.05) is 20.3 Å². The van der Waals surface area contributed by atoms with Crippen molar-refractivity contribution in [2.24, 2.45) is 0 Å². The molecule has 26 heavy (non-hydrogen) atoms. The van der Waals surface area contributed by atoms with Crippen LogP contribution < -0.4 is 0 Å². The molecular weight excluding hydrogens is 340 g/mol. The predicted molar refractivity (Wildman–Crippen MR) is 92.8 cm³/mol. The van der Waals surface area contributed by atoms with Crippen LogP contribution >= 0.6 is 0 Å². The fourth-order valence-corrected chi connectivity index (χ4v) is 3.27. The number of likely N-dealkylation sites (N-methyl/N-ethyl adjacent to an activating group) is 1. The molecule has 0 aromatic carbocycles. The number of nitrogens with zero attached hydrogens (tertiary/aromatic N) is 5. The van der Waals surface area contributed by atoms with Gasteiger partial charge in [-0.3, -0.25) is 4.79 Å². The molecule has 1 fully saturated rings. The van der Waals surface area contributed by atoms with Crippen LogP contribution in [-0.2, 0) is 6.54 Å². The molecule has 3 rings (SSSR count). The molecule has 3 heterocycles. The van der Waals surface area contributed by atoms with Crippen molar-refractivity contribution in [1.82, 2.24) is 24.3 Å². The average molecular weight is 363 g/mol. The summed E-state index contributed by atoms with van der Waals surface area (Å²) in [6.45, 7) is 2.70. The van der Waals surface area contributed by atoms with Gasteiger partial charge in [-0.25, -0.2) is 18.7 Å². The third-order valence-corrected chi connectivity index (χ3v) is 4.62. The van der Waals surface area contributed by atoms with E-state index in [0.717, 1.165) is 38.0 Å². The smallest absolute Gasteiger partial charge is 0.275 e. The minimum absolute atomic E-state index is 0.0911. The summed E-state index contributed by atoms with van der Waals surface area (Å²) in [5.41, 5.74) is -0.331. The SMILES string of the molecule is CN(C)CCn1ccnc1[C@H]1CCCN(C(=O)c2ncc(F)cc2F)C1. The Hall–Kier alpha value is -2.35. The third kappa shape index (κ3) is 4.07. The molecule has 0 unspecified atom stereocenters. The maximum atomic E-state index is 13.9. The summed E-state index contributed by atoms with van der Waals surface area (Å²) in [7, 11) is 4.03. The largest absolute Gasteiger partial charge is 0.336 e. The Balaban J connectivity index is 1.73. The van der Waals surface area contributed by atoms with Crippen molar-refractivity contribution in [3.05, 3.63) is 47.8 Å². The van der Waals surface area contributed by atoms with E-state index in [-0.39, 0.29) is 11.6 Å². The Morgan fingerprint density at radius 2 is 2.15 bits per heavy atom. The first kappa shape index (κ1) is 18.4. The molecule has 1 aliphatic heterocycles. The van der Waals surface area contributed by atoms with E-state index in [1.165, 1.54) is 0 Å². The van der Waals surface area contributed by atoms with Gasteiger partial charge in [0.05, 0.1) is 6.20 Å². The molecule has 2 aromatic rings. The van der Waals surface area contributed by atoms with Gasteiger partial charge in [0.1, 0.15) is 11.6 Å². The van der Waals surface area contributed by atoms with Crippen LogP contribution in [0, 0.1) is 11.6 Å². The number of rotatable bonds is 5. The summed E-state index contributed by atoms with van der Waals surface area (Å²) in [6, 6.07) is 0.690. The molecule has 0 spiro atoms. The summed E-state index contributed by atoms with van der Waals surface area (Å²) >= 11 is 0. The minimum atomic E-state index is -0.926. The highest BCUT2D eigenvalue weighted by molar-refractivity contribution is 5.92. The second-order valence-electron chi connectivity index (χ2n) is 6.86. The fourth-order valence-electron chi connectivity index (χ4n) is 3.27. The number of amides is 1. The quantitative estimate of drug-likeness (QED) is 0.817. The van der Waals surface area contributed by atoms with E-state index in [0.29, 0.717) is 19.2 Å². The molecule has 0 aliphatic carbocycles. The molecule has 0 radical (unpaired) electrons. The number of imidazole rings is 1. The van der Waals surface area contributed by atoms with E-state index >= 15 is 0 Å². The van der Waals surface area contributed by atoms with Crippen molar-refractivity contribution in [3.63, 3.8) is 0 Å². The highest BCUT2D eigenvalue weighted by atomic mass is 19.1. The molecule has 6 nitrogen and oxygen atoms in total. The van der Waals surface area contributed by atoms with Crippen LogP contribution in [0.3, 0.4) is 0 Å². The lowest BCUT2D eigenvalue weighted by Gasteiger charge is -2.32. The van der Waals surface area contributed by atoms with Crippen molar-refractivity contribution < 1.29 is 13.6 Å². The first-order valence-corrected chi connectivity index (χ1v) is 8.71. The van der Waals surface area contributed by atoms with Crippen molar-refractivity contribution in [2.75, 3.05) is 33.7 Å². The number of hydrogen-bond donors (Lipinski definition) is 0. The average Bonchev–Trinajstić information content (AvgIpc) is 3.08. The van der Waals surface area contributed by atoms with Crippen LogP contribution in [0.5, 0.6) is 0 Å². The van der Waals surface area contributed by atoms with Crippen molar-refractivity contribution >= 4 is 5.91 Å². The second kappa shape index (κ2) is 7.90. The lowest BCUT2D eigenvalue weighted by molar-refractivity contribution is 0.0691. The molecule has 1 aliphatic rings. The van der Waals surface area contributed by atoms with Crippen LogP contribution in [0.1, 0.15) is 35.1 Å². The van der Waals surface area contributed by atoms with Crippen LogP contribution in [0.2, 0.25) is 0 Å². The summed E-state index contributed by atoms with van der Waals surface area (Å²) in [4.78, 5) is 24.4. The van der Waals surface area contributed by atoms with Crippen LogP contribution in [0.25, 0.3) is 0 Å². The van der Waals surface area contributed by atoms with E-state index in [4.69, 9.17) is 0 Å². The maximum absolute atomic E-state index is 13.9. The molecule has 1 atom stereocenters. The highest BCUT2D eigenvalue weighted by Gasteiger charge is 2.29.